The zero-order chi connectivity index (χ0) is 19.1. The number of anilines is 1. The van der Waals surface area contributed by atoms with E-state index < -0.39 is 42.1 Å². The van der Waals surface area contributed by atoms with Gasteiger partial charge >= 0.3 is 5.69 Å². The Balaban J connectivity index is 1.91. The molecule has 2 saturated heterocycles. The molecule has 0 bridgehead atoms. The number of aliphatic hydroxyl groups excluding tert-OH is 1. The lowest BCUT2D eigenvalue weighted by molar-refractivity contribution is -0.207. The number of carbonyl (C=O) groups excluding carboxylic acids is 1. The van der Waals surface area contributed by atoms with Gasteiger partial charge in [-0.1, -0.05) is 6.08 Å². The molecule has 9 heteroatoms. The first-order chi connectivity index (χ1) is 12.2. The van der Waals surface area contributed by atoms with Crippen LogP contribution in [0.25, 0.3) is 0 Å². The summed E-state index contributed by atoms with van der Waals surface area (Å²) in [6.07, 6.45) is -0.0625. The molecule has 0 aromatic carbocycles. The van der Waals surface area contributed by atoms with Crippen molar-refractivity contribution >= 4 is 11.7 Å². The van der Waals surface area contributed by atoms with Crippen molar-refractivity contribution in [2.75, 3.05) is 5.32 Å². The molecule has 0 aliphatic carbocycles. The summed E-state index contributed by atoms with van der Waals surface area (Å²) in [5.41, 5.74) is -0.604. The van der Waals surface area contributed by atoms with Gasteiger partial charge in [0.25, 0.3) is 0 Å². The lowest BCUT2D eigenvalue weighted by Crippen LogP contribution is -2.38. The fraction of sp³-hybridized carbons (Fsp3) is 0.588. The van der Waals surface area contributed by atoms with E-state index in [2.05, 4.69) is 16.9 Å². The van der Waals surface area contributed by atoms with E-state index in [0.29, 0.717) is 6.42 Å². The number of carbonyl (C=O) groups is 1. The van der Waals surface area contributed by atoms with E-state index in [1.54, 1.807) is 19.9 Å². The summed E-state index contributed by atoms with van der Waals surface area (Å²) in [5.74, 6) is -1.04. The van der Waals surface area contributed by atoms with E-state index in [9.17, 15) is 14.7 Å². The van der Waals surface area contributed by atoms with Gasteiger partial charge in [0.15, 0.2) is 12.0 Å². The average molecular weight is 365 g/mol. The van der Waals surface area contributed by atoms with Crippen molar-refractivity contribution in [3.8, 4) is 0 Å². The number of nitrogens with zero attached hydrogens (tertiary/aromatic N) is 2. The smallest absolute Gasteiger partial charge is 0.351 e. The first-order valence-electron chi connectivity index (χ1n) is 8.38. The van der Waals surface area contributed by atoms with Crippen LogP contribution in [0.5, 0.6) is 0 Å². The number of aromatic nitrogens is 2. The highest BCUT2D eigenvalue weighted by Gasteiger charge is 2.57. The van der Waals surface area contributed by atoms with Gasteiger partial charge < -0.3 is 24.6 Å². The molecule has 5 atom stereocenters. The maximum absolute atomic E-state index is 12.4. The molecular formula is C17H23N3O6. The summed E-state index contributed by atoms with van der Waals surface area (Å²) in [5, 5.41) is 12.8. The quantitative estimate of drug-likeness (QED) is 0.733. The Morgan fingerprint density at radius 1 is 1.50 bits per heavy atom. The number of aliphatic hydroxyl groups is 1. The van der Waals surface area contributed by atoms with Crippen molar-refractivity contribution in [1.29, 1.82) is 0 Å². The largest absolute Gasteiger partial charge is 0.390 e. The fourth-order valence-electron chi connectivity index (χ4n) is 3.30. The Morgan fingerprint density at radius 2 is 2.19 bits per heavy atom. The minimum absolute atomic E-state index is 0.153. The zero-order valence-corrected chi connectivity index (χ0v) is 14.9. The third-order valence-corrected chi connectivity index (χ3v) is 4.26. The van der Waals surface area contributed by atoms with Gasteiger partial charge in [-0.05, 0) is 26.3 Å². The Hall–Kier alpha value is -2.07. The van der Waals surface area contributed by atoms with E-state index in [4.69, 9.17) is 14.2 Å². The summed E-state index contributed by atoms with van der Waals surface area (Å²) in [6.45, 7) is 8.48. The Bertz CT molecular complexity index is 761. The van der Waals surface area contributed by atoms with Crippen LogP contribution in [-0.2, 0) is 19.0 Å². The van der Waals surface area contributed by atoms with Gasteiger partial charge in [0.1, 0.15) is 24.1 Å². The summed E-state index contributed by atoms with van der Waals surface area (Å²) in [4.78, 5) is 27.4. The molecule has 2 fully saturated rings. The van der Waals surface area contributed by atoms with Crippen LogP contribution < -0.4 is 11.0 Å². The highest BCUT2D eigenvalue weighted by atomic mass is 16.8. The first-order valence-corrected chi connectivity index (χ1v) is 8.38. The van der Waals surface area contributed by atoms with E-state index in [1.807, 2.05) is 0 Å². The van der Waals surface area contributed by atoms with Crippen molar-refractivity contribution in [3.63, 3.8) is 0 Å². The Kier molecular flexibility index (Phi) is 4.98. The van der Waals surface area contributed by atoms with Crippen LogP contribution in [0, 0.1) is 0 Å². The lowest BCUT2D eigenvalue weighted by Gasteiger charge is -2.26. The number of fused-ring (bicyclic) bond motifs is 1. The molecule has 1 aromatic heterocycles. The molecule has 1 amide bonds. The third kappa shape index (κ3) is 3.56. The topological polar surface area (TPSA) is 112 Å². The molecule has 0 radical (unpaired) electrons. The fourth-order valence-corrected chi connectivity index (χ4v) is 3.30. The molecule has 3 rings (SSSR count). The van der Waals surface area contributed by atoms with E-state index in [0.717, 1.165) is 0 Å². The van der Waals surface area contributed by atoms with Crippen LogP contribution in [0.3, 0.4) is 0 Å². The van der Waals surface area contributed by atoms with Gasteiger partial charge in [0.2, 0.25) is 5.91 Å². The van der Waals surface area contributed by atoms with Gasteiger partial charge in [-0.25, -0.2) is 4.79 Å². The molecule has 2 aliphatic rings. The SMILES string of the molecule is C=CC[C@H](O)[C@H]1O[C@@H](n2ccc(NC(C)=O)nc2=O)[C@@H]2OC(C)(C)O[C@@H]21. The zero-order valence-electron chi connectivity index (χ0n) is 14.9. The maximum Gasteiger partial charge on any atom is 0.351 e. The van der Waals surface area contributed by atoms with Gasteiger partial charge in [0, 0.05) is 13.1 Å². The summed E-state index contributed by atoms with van der Waals surface area (Å²) < 4.78 is 19.0. The molecular weight excluding hydrogens is 342 g/mol. The maximum atomic E-state index is 12.4. The monoisotopic (exact) mass is 365 g/mol. The second-order valence-electron chi connectivity index (χ2n) is 6.83. The minimum Gasteiger partial charge on any atom is -0.390 e. The summed E-state index contributed by atoms with van der Waals surface area (Å²) in [7, 11) is 0. The minimum atomic E-state index is -0.864. The molecule has 3 heterocycles. The van der Waals surface area contributed by atoms with Gasteiger partial charge in [0.05, 0.1) is 6.10 Å². The predicted octanol–water partition coefficient (Wildman–Crippen LogP) is 0.556. The van der Waals surface area contributed by atoms with Crippen molar-refractivity contribution in [1.82, 2.24) is 9.55 Å². The normalized spacial score (nSPS) is 30.6. The molecule has 2 aliphatic heterocycles. The lowest BCUT2D eigenvalue weighted by atomic mass is 10.0. The number of nitrogens with one attached hydrogen (secondary N) is 1. The predicted molar refractivity (Wildman–Crippen MR) is 91.4 cm³/mol. The summed E-state index contributed by atoms with van der Waals surface area (Å²) in [6, 6.07) is 1.50. The van der Waals surface area contributed by atoms with Crippen molar-refractivity contribution < 1.29 is 24.1 Å². The van der Waals surface area contributed by atoms with E-state index >= 15 is 0 Å². The highest BCUT2D eigenvalue weighted by Crippen LogP contribution is 2.43. The number of rotatable bonds is 5. The van der Waals surface area contributed by atoms with Crippen LogP contribution in [0.15, 0.2) is 29.7 Å². The summed E-state index contributed by atoms with van der Waals surface area (Å²) >= 11 is 0. The van der Waals surface area contributed by atoms with Crippen LogP contribution >= 0.6 is 0 Å². The van der Waals surface area contributed by atoms with Gasteiger partial charge in [-0.3, -0.25) is 9.36 Å². The molecule has 0 saturated carbocycles. The van der Waals surface area contributed by atoms with Crippen LogP contribution in [-0.4, -0.2) is 50.8 Å². The number of hydrogen-bond donors (Lipinski definition) is 2. The number of amides is 1. The molecule has 142 valence electrons. The van der Waals surface area contributed by atoms with Crippen molar-refractivity contribution in [2.24, 2.45) is 0 Å². The first kappa shape index (κ1) is 18.7. The van der Waals surface area contributed by atoms with Crippen molar-refractivity contribution in [2.45, 2.75) is 63.6 Å². The molecule has 0 unspecified atom stereocenters. The molecule has 1 aromatic rings. The van der Waals surface area contributed by atoms with E-state index in [1.165, 1.54) is 23.8 Å². The molecule has 2 N–H and O–H groups in total. The van der Waals surface area contributed by atoms with Gasteiger partial charge in [-0.2, -0.15) is 4.98 Å². The molecule has 0 spiro atoms. The highest BCUT2D eigenvalue weighted by molar-refractivity contribution is 5.87. The van der Waals surface area contributed by atoms with E-state index in [-0.39, 0.29) is 11.7 Å². The molecule has 9 nitrogen and oxygen atoms in total. The second kappa shape index (κ2) is 6.92. The second-order valence-corrected chi connectivity index (χ2v) is 6.83. The van der Waals surface area contributed by atoms with Gasteiger partial charge in [-0.15, -0.1) is 6.58 Å². The average Bonchev–Trinajstić information content (AvgIpc) is 3.00. The Labute approximate surface area is 150 Å². The van der Waals surface area contributed by atoms with Crippen LogP contribution in [0.2, 0.25) is 0 Å². The standard InChI is InChI=1S/C17H23N3O6/c1-5-6-10(22)12-13-14(26-17(3,4)25-13)15(24-12)20-8-7-11(18-9(2)21)19-16(20)23/h5,7-8,10,12-15,22H,1,6H2,2-4H3,(H,18,19,21,23)/t10-,12+,13+,14+,15+/m0/s1. The number of hydrogen-bond acceptors (Lipinski definition) is 7. The Morgan fingerprint density at radius 3 is 2.81 bits per heavy atom. The number of ether oxygens (including phenoxy) is 3. The van der Waals surface area contributed by atoms with Crippen LogP contribution in [0.1, 0.15) is 33.4 Å². The van der Waals surface area contributed by atoms with Crippen LogP contribution in [0.4, 0.5) is 5.82 Å². The van der Waals surface area contributed by atoms with Crippen molar-refractivity contribution in [3.05, 3.63) is 35.4 Å². The third-order valence-electron chi connectivity index (χ3n) is 4.26. The molecule has 26 heavy (non-hydrogen) atoms.